The molecule has 3 rings (SSSR count). The van der Waals surface area contributed by atoms with E-state index in [1.165, 1.54) is 60.5 Å². The summed E-state index contributed by atoms with van der Waals surface area (Å²) in [5, 5.41) is 3.98. The van der Waals surface area contributed by atoms with E-state index in [1.54, 1.807) is 25.1 Å². The van der Waals surface area contributed by atoms with Gasteiger partial charge in [0.05, 0.1) is 17.7 Å². The van der Waals surface area contributed by atoms with Crippen molar-refractivity contribution in [3.05, 3.63) is 87.4 Å². The number of amides is 2. The first-order chi connectivity index (χ1) is 19.5. The molecule has 220 valence electrons. The summed E-state index contributed by atoms with van der Waals surface area (Å²) in [5.74, 6) is -0.460. The average molecular weight is 641 g/mol. The fraction of sp³-hybridized carbons (Fsp3) is 0.310. The zero-order valence-electron chi connectivity index (χ0n) is 22.9. The minimum Gasteiger partial charge on any atom is -0.497 e. The van der Waals surface area contributed by atoms with Crippen LogP contribution in [-0.2, 0) is 26.2 Å². The third-order valence-corrected chi connectivity index (χ3v) is 8.96. The number of nitrogens with zero attached hydrogens (tertiary/aromatic N) is 2. The summed E-state index contributed by atoms with van der Waals surface area (Å²) < 4.78 is 34.0. The van der Waals surface area contributed by atoms with Crippen LogP contribution in [-0.4, -0.2) is 51.4 Å². The Labute approximate surface area is 256 Å². The van der Waals surface area contributed by atoms with Gasteiger partial charge in [-0.15, -0.1) is 0 Å². The molecule has 0 aromatic heterocycles. The van der Waals surface area contributed by atoms with E-state index in [1.807, 2.05) is 6.92 Å². The van der Waals surface area contributed by atoms with E-state index in [4.69, 9.17) is 39.5 Å². The summed E-state index contributed by atoms with van der Waals surface area (Å²) in [6.45, 7) is 3.52. The summed E-state index contributed by atoms with van der Waals surface area (Å²) in [6, 6.07) is 15.9. The summed E-state index contributed by atoms with van der Waals surface area (Å²) in [4.78, 5) is 28.5. The maximum absolute atomic E-state index is 14.1. The Hall–Kier alpha value is -2.98. The Kier molecular flexibility index (Phi) is 11.7. The van der Waals surface area contributed by atoms with Crippen LogP contribution in [0.1, 0.15) is 32.3 Å². The van der Waals surface area contributed by atoms with Crippen molar-refractivity contribution in [2.75, 3.05) is 24.5 Å². The summed E-state index contributed by atoms with van der Waals surface area (Å²) in [5.41, 5.74) is 0.786. The molecule has 3 aromatic carbocycles. The van der Waals surface area contributed by atoms with Crippen LogP contribution in [0.3, 0.4) is 0 Å². The molecule has 0 unspecified atom stereocenters. The number of halogens is 3. The van der Waals surface area contributed by atoms with E-state index in [0.717, 1.165) is 4.31 Å². The number of ether oxygens (including phenoxy) is 1. The number of carbonyl (C=O) groups excluding carboxylic acids is 2. The standard InChI is InChI=1S/C29H32Cl3N3O5S/c1-4-16-33-29(37)27(5-2)34(18-20-6-7-22(31)17-26(20)32)28(36)19-35(23-10-8-21(30)9-11-23)41(38,39)25-14-12-24(40-3)13-15-25/h6-15,17,27H,4-5,16,18-19H2,1-3H3,(H,33,37)/t27-/m0/s1. The minimum absolute atomic E-state index is 0.0378. The Morgan fingerprint density at radius 2 is 1.56 bits per heavy atom. The Balaban J connectivity index is 2.07. The van der Waals surface area contributed by atoms with Crippen LogP contribution in [0.2, 0.25) is 15.1 Å². The van der Waals surface area contributed by atoms with Crippen molar-refractivity contribution in [2.45, 2.75) is 44.2 Å². The fourth-order valence-corrected chi connectivity index (χ4v) is 6.14. The number of hydrogen-bond acceptors (Lipinski definition) is 5. The van der Waals surface area contributed by atoms with Crippen LogP contribution in [0.5, 0.6) is 5.75 Å². The van der Waals surface area contributed by atoms with Crippen molar-refractivity contribution >= 4 is 62.3 Å². The van der Waals surface area contributed by atoms with Gasteiger partial charge >= 0.3 is 0 Å². The highest BCUT2D eigenvalue weighted by Crippen LogP contribution is 2.28. The molecule has 0 aliphatic carbocycles. The molecule has 0 radical (unpaired) electrons. The van der Waals surface area contributed by atoms with E-state index < -0.39 is 28.5 Å². The molecule has 0 spiro atoms. The van der Waals surface area contributed by atoms with Gasteiger partial charge < -0.3 is 15.0 Å². The Bertz CT molecular complexity index is 1450. The van der Waals surface area contributed by atoms with Crippen LogP contribution in [0.4, 0.5) is 5.69 Å². The van der Waals surface area contributed by atoms with E-state index in [2.05, 4.69) is 5.32 Å². The van der Waals surface area contributed by atoms with Gasteiger partial charge in [0.15, 0.2) is 0 Å². The molecule has 0 fully saturated rings. The van der Waals surface area contributed by atoms with E-state index >= 15 is 0 Å². The molecule has 0 aliphatic heterocycles. The van der Waals surface area contributed by atoms with Gasteiger partial charge in [0.2, 0.25) is 11.8 Å². The van der Waals surface area contributed by atoms with Gasteiger partial charge in [-0.3, -0.25) is 13.9 Å². The van der Waals surface area contributed by atoms with E-state index in [0.29, 0.717) is 45.8 Å². The molecular formula is C29H32Cl3N3O5S. The number of anilines is 1. The monoisotopic (exact) mass is 639 g/mol. The lowest BCUT2D eigenvalue weighted by Crippen LogP contribution is -2.52. The summed E-state index contributed by atoms with van der Waals surface area (Å²) >= 11 is 18.6. The van der Waals surface area contributed by atoms with Crippen LogP contribution in [0, 0.1) is 0 Å². The first kappa shape index (κ1) is 32.5. The Morgan fingerprint density at radius 1 is 0.927 bits per heavy atom. The van der Waals surface area contributed by atoms with Crippen molar-refractivity contribution in [1.29, 1.82) is 0 Å². The second-order valence-corrected chi connectivity index (χ2v) is 12.3. The topological polar surface area (TPSA) is 96.0 Å². The Morgan fingerprint density at radius 3 is 2.12 bits per heavy atom. The largest absolute Gasteiger partial charge is 0.497 e. The SMILES string of the molecule is CCCNC(=O)[C@H](CC)N(Cc1ccc(Cl)cc1Cl)C(=O)CN(c1ccc(Cl)cc1)S(=O)(=O)c1ccc(OC)cc1. The predicted molar refractivity (Wildman–Crippen MR) is 163 cm³/mol. The van der Waals surface area contributed by atoms with Gasteiger partial charge in [0.25, 0.3) is 10.0 Å². The predicted octanol–water partition coefficient (Wildman–Crippen LogP) is 6.18. The lowest BCUT2D eigenvalue weighted by molar-refractivity contribution is -0.140. The molecule has 0 saturated carbocycles. The highest BCUT2D eigenvalue weighted by atomic mass is 35.5. The number of hydrogen-bond donors (Lipinski definition) is 1. The molecular weight excluding hydrogens is 609 g/mol. The number of sulfonamides is 1. The average Bonchev–Trinajstić information content (AvgIpc) is 2.96. The molecule has 1 atom stereocenters. The normalized spacial score (nSPS) is 12.0. The maximum atomic E-state index is 14.1. The first-order valence-electron chi connectivity index (χ1n) is 12.9. The van der Waals surface area contributed by atoms with Gasteiger partial charge in [-0.05, 0) is 79.1 Å². The molecule has 0 saturated heterocycles. The summed E-state index contributed by atoms with van der Waals surface area (Å²) in [7, 11) is -2.75. The smallest absolute Gasteiger partial charge is 0.264 e. The van der Waals surface area contributed by atoms with Crippen molar-refractivity contribution in [3.8, 4) is 5.75 Å². The molecule has 1 N–H and O–H groups in total. The van der Waals surface area contributed by atoms with Gasteiger partial charge in [0.1, 0.15) is 18.3 Å². The zero-order valence-corrected chi connectivity index (χ0v) is 26.0. The quantitative estimate of drug-likeness (QED) is 0.241. The molecule has 0 heterocycles. The second kappa shape index (κ2) is 14.8. The minimum atomic E-state index is -4.23. The second-order valence-electron chi connectivity index (χ2n) is 9.14. The van der Waals surface area contributed by atoms with Crippen LogP contribution in [0.25, 0.3) is 0 Å². The number of benzene rings is 3. The van der Waals surface area contributed by atoms with Gasteiger partial charge in [0, 0.05) is 28.2 Å². The van der Waals surface area contributed by atoms with Crippen molar-refractivity contribution < 1.29 is 22.7 Å². The lowest BCUT2D eigenvalue weighted by atomic mass is 10.1. The van der Waals surface area contributed by atoms with Crippen molar-refractivity contribution in [3.63, 3.8) is 0 Å². The molecule has 2 amide bonds. The zero-order chi connectivity index (χ0) is 30.2. The van der Waals surface area contributed by atoms with Crippen LogP contribution >= 0.6 is 34.8 Å². The van der Waals surface area contributed by atoms with Crippen molar-refractivity contribution in [2.24, 2.45) is 0 Å². The molecule has 41 heavy (non-hydrogen) atoms. The van der Waals surface area contributed by atoms with Crippen LogP contribution in [0.15, 0.2) is 71.6 Å². The molecule has 12 heteroatoms. The molecule has 0 aliphatic rings. The maximum Gasteiger partial charge on any atom is 0.264 e. The van der Waals surface area contributed by atoms with Gasteiger partial charge in [-0.25, -0.2) is 8.42 Å². The van der Waals surface area contributed by atoms with Crippen LogP contribution < -0.4 is 14.4 Å². The number of rotatable bonds is 13. The first-order valence-corrected chi connectivity index (χ1v) is 15.5. The van der Waals surface area contributed by atoms with E-state index in [9.17, 15) is 18.0 Å². The summed E-state index contributed by atoms with van der Waals surface area (Å²) in [6.07, 6.45) is 1.00. The van der Waals surface area contributed by atoms with Crippen molar-refractivity contribution in [1.82, 2.24) is 10.2 Å². The lowest BCUT2D eigenvalue weighted by Gasteiger charge is -2.33. The molecule has 0 bridgehead atoms. The third-order valence-electron chi connectivity index (χ3n) is 6.33. The fourth-order valence-electron chi connectivity index (χ4n) is 4.13. The van der Waals surface area contributed by atoms with Gasteiger partial charge in [-0.2, -0.15) is 0 Å². The highest BCUT2D eigenvalue weighted by Gasteiger charge is 2.34. The number of carbonyl (C=O) groups is 2. The highest BCUT2D eigenvalue weighted by molar-refractivity contribution is 7.92. The molecule has 8 nitrogen and oxygen atoms in total. The number of methoxy groups -OCH3 is 1. The van der Waals surface area contributed by atoms with E-state index in [-0.39, 0.29) is 23.0 Å². The van der Waals surface area contributed by atoms with Gasteiger partial charge in [-0.1, -0.05) is 54.7 Å². The molecule has 3 aromatic rings. The number of nitrogens with one attached hydrogen (secondary N) is 1. The third kappa shape index (κ3) is 8.29.